The Morgan fingerprint density at radius 2 is 2.19 bits per heavy atom. The maximum absolute atomic E-state index is 11.0. The molecule has 0 aliphatic rings. The molecule has 1 aromatic heterocycles. The predicted octanol–water partition coefficient (Wildman–Crippen LogP) is 3.31. The Balaban J connectivity index is 2.19. The number of aryl methyl sites for hydroxylation is 1. The Kier molecular flexibility index (Phi) is 4.71. The van der Waals surface area contributed by atoms with Crippen molar-refractivity contribution in [3.8, 4) is 5.75 Å². The molecule has 0 aliphatic heterocycles. The van der Waals surface area contributed by atoms with Gasteiger partial charge in [0.05, 0.1) is 17.6 Å². The average Bonchev–Trinajstić information content (AvgIpc) is 2.46. The minimum atomic E-state index is -0.425. The highest BCUT2D eigenvalue weighted by atomic mass is 16.6. The van der Waals surface area contributed by atoms with Crippen molar-refractivity contribution in [3.05, 3.63) is 57.9 Å². The fraction of sp³-hybridized carbons (Fsp3) is 0.267. The number of pyridine rings is 1. The molecule has 1 aromatic carbocycles. The number of nitro groups is 1. The van der Waals surface area contributed by atoms with E-state index in [1.807, 2.05) is 19.9 Å². The van der Waals surface area contributed by atoms with Crippen LogP contribution in [0.15, 0.2) is 36.7 Å². The third kappa shape index (κ3) is 3.92. The minimum absolute atomic E-state index is 0.00917. The largest absolute Gasteiger partial charge is 0.494 e. The summed E-state index contributed by atoms with van der Waals surface area (Å²) in [4.78, 5) is 14.6. The number of nitro benzene ring substituents is 1. The summed E-state index contributed by atoms with van der Waals surface area (Å²) in [5.41, 5.74) is 2.83. The molecule has 0 saturated heterocycles. The maximum Gasteiger partial charge on any atom is 0.275 e. The van der Waals surface area contributed by atoms with Crippen LogP contribution >= 0.6 is 0 Å². The van der Waals surface area contributed by atoms with Crippen LogP contribution in [-0.4, -0.2) is 16.5 Å². The van der Waals surface area contributed by atoms with E-state index in [9.17, 15) is 10.1 Å². The Morgan fingerprint density at radius 3 is 2.86 bits per heavy atom. The van der Waals surface area contributed by atoms with E-state index in [1.165, 1.54) is 12.1 Å². The van der Waals surface area contributed by atoms with Crippen molar-refractivity contribution in [2.45, 2.75) is 20.4 Å². The zero-order chi connectivity index (χ0) is 15.2. The Morgan fingerprint density at radius 1 is 1.38 bits per heavy atom. The zero-order valence-corrected chi connectivity index (χ0v) is 12.0. The molecule has 21 heavy (non-hydrogen) atoms. The SMILES string of the molecule is CCOc1cc(NCc2ccncc2C)cc([N+](=O)[O-])c1. The molecule has 0 amide bonds. The fourth-order valence-corrected chi connectivity index (χ4v) is 1.94. The lowest BCUT2D eigenvalue weighted by molar-refractivity contribution is -0.384. The van der Waals surface area contributed by atoms with Gasteiger partial charge in [0.15, 0.2) is 0 Å². The van der Waals surface area contributed by atoms with Gasteiger partial charge in [0.2, 0.25) is 0 Å². The van der Waals surface area contributed by atoms with Crippen molar-refractivity contribution >= 4 is 11.4 Å². The molecule has 1 N–H and O–H groups in total. The van der Waals surface area contributed by atoms with Gasteiger partial charge in [-0.25, -0.2) is 0 Å². The van der Waals surface area contributed by atoms with Crippen LogP contribution in [0.2, 0.25) is 0 Å². The van der Waals surface area contributed by atoms with Crippen LogP contribution in [0, 0.1) is 17.0 Å². The second-order valence-corrected chi connectivity index (χ2v) is 4.56. The first-order valence-electron chi connectivity index (χ1n) is 6.65. The Labute approximate surface area is 122 Å². The van der Waals surface area contributed by atoms with Crippen molar-refractivity contribution in [1.29, 1.82) is 0 Å². The number of hydrogen-bond acceptors (Lipinski definition) is 5. The molecular formula is C15H17N3O3. The molecule has 0 aliphatic carbocycles. The second-order valence-electron chi connectivity index (χ2n) is 4.56. The summed E-state index contributed by atoms with van der Waals surface area (Å²) >= 11 is 0. The molecule has 0 unspecified atom stereocenters. The normalized spacial score (nSPS) is 10.2. The van der Waals surface area contributed by atoms with Crippen molar-refractivity contribution in [2.24, 2.45) is 0 Å². The first-order valence-corrected chi connectivity index (χ1v) is 6.65. The molecule has 0 fully saturated rings. The van der Waals surface area contributed by atoms with Crippen LogP contribution in [0.1, 0.15) is 18.1 Å². The third-order valence-corrected chi connectivity index (χ3v) is 3.03. The van der Waals surface area contributed by atoms with E-state index in [-0.39, 0.29) is 5.69 Å². The lowest BCUT2D eigenvalue weighted by Gasteiger charge is -2.10. The molecule has 2 rings (SSSR count). The summed E-state index contributed by atoms with van der Waals surface area (Å²) in [6, 6.07) is 6.60. The minimum Gasteiger partial charge on any atom is -0.494 e. The van der Waals surface area contributed by atoms with Gasteiger partial charge in [-0.2, -0.15) is 0 Å². The zero-order valence-electron chi connectivity index (χ0n) is 12.0. The van der Waals surface area contributed by atoms with E-state index in [1.54, 1.807) is 18.5 Å². The molecule has 0 bridgehead atoms. The first-order chi connectivity index (χ1) is 10.1. The fourth-order valence-electron chi connectivity index (χ4n) is 1.94. The second kappa shape index (κ2) is 6.69. The number of non-ortho nitro benzene ring substituents is 1. The summed E-state index contributed by atoms with van der Waals surface area (Å²) in [7, 11) is 0. The Bertz CT molecular complexity index is 644. The van der Waals surface area contributed by atoms with Crippen molar-refractivity contribution < 1.29 is 9.66 Å². The van der Waals surface area contributed by atoms with Gasteiger partial charge >= 0.3 is 0 Å². The molecule has 6 heteroatoms. The van der Waals surface area contributed by atoms with Gasteiger partial charge in [-0.15, -0.1) is 0 Å². The van der Waals surface area contributed by atoms with Crippen molar-refractivity contribution in [1.82, 2.24) is 4.98 Å². The van der Waals surface area contributed by atoms with Crippen molar-refractivity contribution in [3.63, 3.8) is 0 Å². The van der Waals surface area contributed by atoms with Gasteiger partial charge in [0.1, 0.15) is 5.75 Å². The number of nitrogens with one attached hydrogen (secondary N) is 1. The molecule has 6 nitrogen and oxygen atoms in total. The molecule has 0 atom stereocenters. The lowest BCUT2D eigenvalue weighted by Crippen LogP contribution is -2.03. The molecular weight excluding hydrogens is 270 g/mol. The highest BCUT2D eigenvalue weighted by molar-refractivity contribution is 5.56. The smallest absolute Gasteiger partial charge is 0.275 e. The number of anilines is 1. The first kappa shape index (κ1) is 14.8. The summed E-state index contributed by atoms with van der Waals surface area (Å²) in [6.07, 6.45) is 3.51. The van der Waals surface area contributed by atoms with Gasteiger partial charge < -0.3 is 10.1 Å². The van der Waals surface area contributed by atoms with E-state index in [2.05, 4.69) is 10.3 Å². The van der Waals surface area contributed by atoms with E-state index in [0.29, 0.717) is 24.6 Å². The predicted molar refractivity (Wildman–Crippen MR) is 80.6 cm³/mol. The summed E-state index contributed by atoms with van der Waals surface area (Å²) in [5.74, 6) is 0.487. The summed E-state index contributed by atoms with van der Waals surface area (Å²) < 4.78 is 5.36. The number of rotatable bonds is 6. The molecule has 1 heterocycles. The van der Waals surface area contributed by atoms with Crippen LogP contribution in [0.4, 0.5) is 11.4 Å². The van der Waals surface area contributed by atoms with Gasteiger partial charge in [-0.1, -0.05) is 0 Å². The lowest BCUT2D eigenvalue weighted by atomic mass is 10.1. The monoisotopic (exact) mass is 287 g/mol. The van der Waals surface area contributed by atoms with Crippen LogP contribution < -0.4 is 10.1 Å². The number of nitrogens with zero attached hydrogens (tertiary/aromatic N) is 2. The van der Waals surface area contributed by atoms with Crippen LogP contribution in [0.25, 0.3) is 0 Å². The van der Waals surface area contributed by atoms with Crippen LogP contribution in [-0.2, 0) is 6.54 Å². The molecule has 0 spiro atoms. The van der Waals surface area contributed by atoms with Gasteiger partial charge in [0, 0.05) is 36.8 Å². The Hall–Kier alpha value is -2.63. The standard InChI is InChI=1S/C15H17N3O3/c1-3-21-15-7-13(6-14(8-15)18(19)20)17-10-12-4-5-16-9-11(12)2/h4-9,17H,3,10H2,1-2H3. The number of aromatic nitrogens is 1. The highest BCUT2D eigenvalue weighted by Crippen LogP contribution is 2.26. The molecule has 2 aromatic rings. The molecule has 0 saturated carbocycles. The van der Waals surface area contributed by atoms with E-state index >= 15 is 0 Å². The third-order valence-electron chi connectivity index (χ3n) is 3.03. The van der Waals surface area contributed by atoms with Crippen LogP contribution in [0.5, 0.6) is 5.75 Å². The van der Waals surface area contributed by atoms with Crippen LogP contribution in [0.3, 0.4) is 0 Å². The van der Waals surface area contributed by atoms with Gasteiger partial charge in [0.25, 0.3) is 5.69 Å². The van der Waals surface area contributed by atoms with Crippen molar-refractivity contribution in [2.75, 3.05) is 11.9 Å². The van der Waals surface area contributed by atoms with E-state index < -0.39 is 4.92 Å². The average molecular weight is 287 g/mol. The van der Waals surface area contributed by atoms with Gasteiger partial charge in [-0.05, 0) is 31.0 Å². The van der Waals surface area contributed by atoms with Gasteiger partial charge in [-0.3, -0.25) is 15.1 Å². The molecule has 110 valence electrons. The number of hydrogen-bond donors (Lipinski definition) is 1. The number of benzene rings is 1. The topological polar surface area (TPSA) is 77.3 Å². The summed E-state index contributed by atoms with van der Waals surface area (Å²) in [5, 5.41) is 14.1. The van der Waals surface area contributed by atoms with E-state index in [4.69, 9.17) is 4.74 Å². The molecule has 0 radical (unpaired) electrons. The quantitative estimate of drug-likeness (QED) is 0.651. The summed E-state index contributed by atoms with van der Waals surface area (Å²) in [6.45, 7) is 4.85. The maximum atomic E-state index is 11.0. The van der Waals surface area contributed by atoms with E-state index in [0.717, 1.165) is 11.1 Å². The number of ether oxygens (including phenoxy) is 1. The highest BCUT2D eigenvalue weighted by Gasteiger charge is 2.10.